The van der Waals surface area contributed by atoms with Crippen molar-refractivity contribution in [1.29, 1.82) is 0 Å². The molecular weight excluding hydrogens is 342 g/mol. The van der Waals surface area contributed by atoms with Crippen LogP contribution in [0.5, 0.6) is 5.75 Å². The molecule has 0 saturated heterocycles. The van der Waals surface area contributed by atoms with E-state index in [9.17, 15) is 18.7 Å². The van der Waals surface area contributed by atoms with Gasteiger partial charge in [0.05, 0.1) is 12.7 Å². The summed E-state index contributed by atoms with van der Waals surface area (Å²) in [6, 6.07) is 10.1. The third-order valence-electron chi connectivity index (χ3n) is 3.99. The van der Waals surface area contributed by atoms with E-state index in [-0.39, 0.29) is 22.5 Å². The summed E-state index contributed by atoms with van der Waals surface area (Å²) < 4.78 is 37.9. The molecule has 4 nitrogen and oxygen atoms in total. The van der Waals surface area contributed by atoms with Crippen LogP contribution in [-0.4, -0.2) is 24.0 Å². The highest BCUT2D eigenvalue weighted by molar-refractivity contribution is 6.07. The number of halogens is 2. The van der Waals surface area contributed by atoms with E-state index < -0.39 is 23.4 Å². The largest absolute Gasteiger partial charge is 0.494 e. The topological polar surface area (TPSA) is 55.8 Å². The Hall–Kier alpha value is -2.99. The highest BCUT2D eigenvalue weighted by Gasteiger charge is 2.43. The summed E-state index contributed by atoms with van der Waals surface area (Å²) in [6.45, 7) is 1.25. The zero-order valence-electron chi connectivity index (χ0n) is 14.1. The van der Waals surface area contributed by atoms with Crippen LogP contribution in [0.4, 0.5) is 8.78 Å². The predicted octanol–water partition coefficient (Wildman–Crippen LogP) is 3.71. The van der Waals surface area contributed by atoms with Crippen molar-refractivity contribution < 1.29 is 28.2 Å². The summed E-state index contributed by atoms with van der Waals surface area (Å²) in [5.41, 5.74) is 0.444. The summed E-state index contributed by atoms with van der Waals surface area (Å²) in [5, 5.41) is 10.5. The first-order chi connectivity index (χ1) is 12.3. The molecule has 0 bridgehead atoms. The lowest BCUT2D eigenvalue weighted by molar-refractivity contribution is -0.170. The number of methoxy groups -OCH3 is 1. The number of carbonyl (C=O) groups is 1. The molecule has 6 heteroatoms. The number of cyclic esters (lactones) is 1. The molecule has 1 unspecified atom stereocenters. The maximum absolute atomic E-state index is 14.7. The molecular formula is C20H16F2O4. The molecule has 1 atom stereocenters. The van der Waals surface area contributed by atoms with Gasteiger partial charge in [-0.2, -0.15) is 0 Å². The fraction of sp³-hybridized carbons (Fsp3) is 0.150. The van der Waals surface area contributed by atoms with Gasteiger partial charge in [0.1, 0.15) is 5.82 Å². The minimum absolute atomic E-state index is 0.0147. The van der Waals surface area contributed by atoms with Gasteiger partial charge in [0.2, 0.25) is 5.79 Å². The van der Waals surface area contributed by atoms with Crippen molar-refractivity contribution in [1.82, 2.24) is 0 Å². The average molecular weight is 358 g/mol. The van der Waals surface area contributed by atoms with Gasteiger partial charge in [-0.3, -0.25) is 0 Å². The lowest BCUT2D eigenvalue weighted by Crippen LogP contribution is -2.26. The second kappa shape index (κ2) is 6.72. The van der Waals surface area contributed by atoms with Crippen LogP contribution in [0.2, 0.25) is 0 Å². The van der Waals surface area contributed by atoms with Gasteiger partial charge in [-0.15, -0.1) is 0 Å². The van der Waals surface area contributed by atoms with Crippen molar-refractivity contribution in [3.8, 4) is 5.75 Å². The van der Waals surface area contributed by atoms with Crippen molar-refractivity contribution in [3.63, 3.8) is 0 Å². The predicted molar refractivity (Wildman–Crippen MR) is 92.0 cm³/mol. The van der Waals surface area contributed by atoms with Gasteiger partial charge >= 0.3 is 5.97 Å². The molecule has 1 aliphatic rings. The molecule has 2 aromatic rings. The lowest BCUT2D eigenvalue weighted by Gasteiger charge is -2.20. The van der Waals surface area contributed by atoms with E-state index >= 15 is 0 Å². The number of hydrogen-bond donors (Lipinski definition) is 1. The molecule has 0 radical (unpaired) electrons. The van der Waals surface area contributed by atoms with Crippen molar-refractivity contribution in [2.75, 3.05) is 7.11 Å². The van der Waals surface area contributed by atoms with E-state index in [2.05, 4.69) is 0 Å². The van der Waals surface area contributed by atoms with Crippen molar-refractivity contribution in [2.24, 2.45) is 0 Å². The monoisotopic (exact) mass is 358 g/mol. The summed E-state index contributed by atoms with van der Waals surface area (Å²) in [5.74, 6) is -3.99. The number of hydrogen-bond acceptors (Lipinski definition) is 4. The fourth-order valence-corrected chi connectivity index (χ4v) is 2.84. The van der Waals surface area contributed by atoms with Gasteiger partial charge in [-0.05, 0) is 29.8 Å². The van der Waals surface area contributed by atoms with Crippen LogP contribution in [-0.2, 0) is 9.53 Å². The first-order valence-electron chi connectivity index (χ1n) is 7.80. The fourth-order valence-electron chi connectivity index (χ4n) is 2.84. The molecule has 134 valence electrons. The number of benzene rings is 2. The van der Waals surface area contributed by atoms with Gasteiger partial charge in [-0.1, -0.05) is 30.3 Å². The minimum Gasteiger partial charge on any atom is -0.494 e. The maximum atomic E-state index is 14.7. The maximum Gasteiger partial charge on any atom is 0.341 e. The molecule has 0 spiro atoms. The average Bonchev–Trinajstić information content (AvgIpc) is 2.81. The van der Waals surface area contributed by atoms with Crippen LogP contribution >= 0.6 is 0 Å². The molecule has 2 aromatic carbocycles. The van der Waals surface area contributed by atoms with Gasteiger partial charge in [-0.25, -0.2) is 13.6 Å². The lowest BCUT2D eigenvalue weighted by atomic mass is 9.94. The van der Waals surface area contributed by atoms with Gasteiger partial charge < -0.3 is 14.6 Å². The quantitative estimate of drug-likeness (QED) is 0.847. The molecule has 0 aromatic heterocycles. The second-order valence-electron chi connectivity index (χ2n) is 5.87. The second-order valence-corrected chi connectivity index (χ2v) is 5.87. The Labute approximate surface area is 149 Å². The van der Waals surface area contributed by atoms with Gasteiger partial charge in [0, 0.05) is 18.1 Å². The summed E-state index contributed by atoms with van der Waals surface area (Å²) >= 11 is 0. The van der Waals surface area contributed by atoms with E-state index in [0.717, 1.165) is 0 Å². The number of aliphatic hydroxyl groups is 1. The highest BCUT2D eigenvalue weighted by Crippen LogP contribution is 2.41. The van der Waals surface area contributed by atoms with Crippen LogP contribution in [0, 0.1) is 11.6 Å². The van der Waals surface area contributed by atoms with E-state index in [1.54, 1.807) is 6.07 Å². The Kier molecular flexibility index (Phi) is 4.61. The minimum atomic E-state index is -2.01. The summed E-state index contributed by atoms with van der Waals surface area (Å²) in [7, 11) is 1.32. The van der Waals surface area contributed by atoms with Crippen LogP contribution in [0.1, 0.15) is 18.1 Å². The van der Waals surface area contributed by atoms with E-state index in [1.165, 1.54) is 62.6 Å². The third-order valence-corrected chi connectivity index (χ3v) is 3.99. The Bertz CT molecular complexity index is 929. The van der Waals surface area contributed by atoms with Crippen molar-refractivity contribution in [2.45, 2.75) is 12.7 Å². The normalized spacial score (nSPS) is 20.0. The molecule has 26 heavy (non-hydrogen) atoms. The Morgan fingerprint density at radius 2 is 1.88 bits per heavy atom. The van der Waals surface area contributed by atoms with Crippen LogP contribution in [0.3, 0.4) is 0 Å². The molecule has 0 saturated carbocycles. The van der Waals surface area contributed by atoms with Crippen molar-refractivity contribution in [3.05, 3.63) is 76.9 Å². The molecule has 1 heterocycles. The molecule has 0 amide bonds. The Morgan fingerprint density at radius 1 is 1.15 bits per heavy atom. The summed E-state index contributed by atoms with van der Waals surface area (Å²) in [6.07, 6.45) is 2.85. The Morgan fingerprint density at radius 3 is 2.58 bits per heavy atom. The van der Waals surface area contributed by atoms with Crippen LogP contribution in [0.15, 0.2) is 54.1 Å². The van der Waals surface area contributed by atoms with Gasteiger partial charge in [0.15, 0.2) is 11.6 Å². The number of ether oxygens (including phenoxy) is 2. The number of rotatable bonds is 4. The zero-order valence-corrected chi connectivity index (χ0v) is 14.1. The van der Waals surface area contributed by atoms with Crippen molar-refractivity contribution >= 4 is 17.6 Å². The van der Waals surface area contributed by atoms with E-state index in [4.69, 9.17) is 9.47 Å². The third kappa shape index (κ3) is 3.23. The summed E-state index contributed by atoms with van der Waals surface area (Å²) in [4.78, 5) is 12.2. The number of esters is 1. The zero-order chi connectivity index (χ0) is 18.9. The van der Waals surface area contributed by atoms with E-state index in [0.29, 0.717) is 5.56 Å². The smallest absolute Gasteiger partial charge is 0.341 e. The molecule has 3 rings (SSSR count). The first kappa shape index (κ1) is 17.8. The van der Waals surface area contributed by atoms with Crippen LogP contribution in [0.25, 0.3) is 11.6 Å². The SMILES string of the molecule is COc1cccc(C2=C(C=Cc3cccc(F)c3)C(=O)OC2(C)O)c1F. The molecule has 0 aliphatic carbocycles. The van der Waals surface area contributed by atoms with E-state index in [1.807, 2.05) is 0 Å². The number of carbonyl (C=O) groups excluding carboxylic acids is 1. The molecule has 1 N–H and O–H groups in total. The standard InChI is InChI=1S/C20H16F2O4/c1-20(24)17(14-7-4-8-16(25-2)18(14)22)15(19(23)26-20)10-9-12-5-3-6-13(21)11-12/h3-11,24H,1-2H3. The highest BCUT2D eigenvalue weighted by atomic mass is 19.1. The van der Waals surface area contributed by atoms with Crippen LogP contribution < -0.4 is 4.74 Å². The molecule has 1 aliphatic heterocycles. The first-order valence-corrected chi connectivity index (χ1v) is 7.80. The van der Waals surface area contributed by atoms with Gasteiger partial charge in [0.25, 0.3) is 0 Å². The Balaban J connectivity index is 2.15. The molecule has 0 fully saturated rings.